The zero-order chi connectivity index (χ0) is 15.6. The van der Waals surface area contributed by atoms with Crippen molar-refractivity contribution >= 4 is 39.3 Å². The molecule has 0 aliphatic carbocycles. The van der Waals surface area contributed by atoms with Gasteiger partial charge in [-0.3, -0.25) is 4.79 Å². The molecule has 0 N–H and O–H groups in total. The number of piperazine rings is 1. The number of ether oxygens (including phenoxy) is 1. The van der Waals surface area contributed by atoms with E-state index >= 15 is 0 Å². The molecule has 1 aromatic rings. The topological polar surface area (TPSA) is 62.7 Å². The molecule has 1 aliphatic rings. The summed E-state index contributed by atoms with van der Waals surface area (Å²) in [7, 11) is 0. The van der Waals surface area contributed by atoms with Gasteiger partial charge >= 0.3 is 6.09 Å². The van der Waals surface area contributed by atoms with Crippen LogP contribution in [0.4, 0.5) is 4.79 Å². The molecular weight excluding hydrogens is 358 g/mol. The first-order valence-electron chi connectivity index (χ1n) is 6.65. The number of aromatic nitrogens is 1. The monoisotopic (exact) mass is 375 g/mol. The average molecular weight is 376 g/mol. The first kappa shape index (κ1) is 16.2. The lowest BCUT2D eigenvalue weighted by Gasteiger charge is -2.35. The summed E-state index contributed by atoms with van der Waals surface area (Å²) in [6.07, 6.45) is 1.29. The van der Waals surface area contributed by atoms with E-state index in [0.29, 0.717) is 31.2 Å². The molecule has 2 rings (SSSR count). The fourth-order valence-electron chi connectivity index (χ4n) is 1.91. The normalized spacial score (nSPS) is 16.0. The van der Waals surface area contributed by atoms with Crippen LogP contribution >= 0.6 is 27.3 Å². The highest BCUT2D eigenvalue weighted by Crippen LogP contribution is 2.21. The third-order valence-corrected chi connectivity index (χ3v) is 4.34. The lowest BCUT2D eigenvalue weighted by molar-refractivity contribution is 0.0141. The number of nitrogens with zero attached hydrogens (tertiary/aromatic N) is 3. The van der Waals surface area contributed by atoms with Gasteiger partial charge in [-0.25, -0.2) is 9.78 Å². The van der Waals surface area contributed by atoms with Crippen molar-refractivity contribution in [3.63, 3.8) is 0 Å². The molecule has 0 aromatic carbocycles. The highest BCUT2D eigenvalue weighted by molar-refractivity contribution is 9.11. The lowest BCUT2D eigenvalue weighted by Crippen LogP contribution is -2.51. The van der Waals surface area contributed by atoms with Gasteiger partial charge in [0.25, 0.3) is 5.91 Å². The molecule has 0 radical (unpaired) electrons. The maximum absolute atomic E-state index is 12.2. The number of hydrogen-bond donors (Lipinski definition) is 0. The standard InChI is InChI=1S/C13H18BrN3O3S/c1-13(2,3)20-12(19)17-6-4-16(5-7-17)11(18)10-15-8-9(14)21-10/h8H,4-7H2,1-3H3. The van der Waals surface area contributed by atoms with E-state index < -0.39 is 5.60 Å². The molecule has 21 heavy (non-hydrogen) atoms. The summed E-state index contributed by atoms with van der Waals surface area (Å²) in [5, 5.41) is 0.465. The average Bonchev–Trinajstić information content (AvgIpc) is 2.83. The molecule has 8 heteroatoms. The van der Waals surface area contributed by atoms with Crippen molar-refractivity contribution in [1.82, 2.24) is 14.8 Å². The van der Waals surface area contributed by atoms with Crippen LogP contribution in [-0.2, 0) is 4.74 Å². The fraction of sp³-hybridized carbons (Fsp3) is 0.615. The van der Waals surface area contributed by atoms with E-state index in [0.717, 1.165) is 3.79 Å². The number of halogens is 1. The second-order valence-electron chi connectivity index (χ2n) is 5.73. The van der Waals surface area contributed by atoms with Gasteiger partial charge in [0.2, 0.25) is 0 Å². The molecule has 1 aliphatic heterocycles. The fourth-order valence-corrected chi connectivity index (χ4v) is 3.08. The number of carbonyl (C=O) groups excluding carboxylic acids is 2. The Balaban J connectivity index is 1.88. The lowest BCUT2D eigenvalue weighted by atomic mass is 10.2. The zero-order valence-electron chi connectivity index (χ0n) is 12.3. The molecule has 0 atom stereocenters. The van der Waals surface area contributed by atoms with E-state index in [1.165, 1.54) is 11.3 Å². The van der Waals surface area contributed by atoms with E-state index in [1.807, 2.05) is 20.8 Å². The molecule has 0 unspecified atom stereocenters. The Morgan fingerprint density at radius 2 is 1.81 bits per heavy atom. The minimum absolute atomic E-state index is 0.0884. The van der Waals surface area contributed by atoms with Crippen LogP contribution in [0.2, 0.25) is 0 Å². The molecule has 6 nitrogen and oxygen atoms in total. The Kier molecular flexibility index (Phi) is 4.88. The maximum Gasteiger partial charge on any atom is 0.410 e. The third-order valence-electron chi connectivity index (χ3n) is 2.88. The molecule has 2 amide bonds. The number of hydrogen-bond acceptors (Lipinski definition) is 5. The van der Waals surface area contributed by atoms with E-state index in [-0.39, 0.29) is 12.0 Å². The summed E-state index contributed by atoms with van der Waals surface area (Å²) in [5.41, 5.74) is -0.503. The van der Waals surface area contributed by atoms with E-state index in [2.05, 4.69) is 20.9 Å². The number of thiazole rings is 1. The van der Waals surface area contributed by atoms with Crippen LogP contribution in [0.3, 0.4) is 0 Å². The Bertz CT molecular complexity index is 533. The van der Waals surface area contributed by atoms with E-state index in [1.54, 1.807) is 16.0 Å². The van der Waals surface area contributed by atoms with Crippen LogP contribution in [0, 0.1) is 0 Å². The van der Waals surface area contributed by atoms with Crippen molar-refractivity contribution in [1.29, 1.82) is 0 Å². The number of rotatable bonds is 1. The second-order valence-corrected chi connectivity index (χ2v) is 8.14. The van der Waals surface area contributed by atoms with Crippen LogP contribution < -0.4 is 0 Å². The van der Waals surface area contributed by atoms with Crippen molar-refractivity contribution in [2.24, 2.45) is 0 Å². The first-order chi connectivity index (χ1) is 9.76. The summed E-state index contributed by atoms with van der Waals surface area (Å²) in [5.74, 6) is -0.0884. The highest BCUT2D eigenvalue weighted by Gasteiger charge is 2.28. The van der Waals surface area contributed by atoms with Crippen molar-refractivity contribution in [2.45, 2.75) is 26.4 Å². The Hall–Kier alpha value is -1.15. The van der Waals surface area contributed by atoms with Gasteiger partial charge in [-0.15, -0.1) is 11.3 Å². The first-order valence-corrected chi connectivity index (χ1v) is 8.26. The van der Waals surface area contributed by atoms with Gasteiger partial charge in [-0.1, -0.05) is 0 Å². The second kappa shape index (κ2) is 6.31. The third kappa shape index (κ3) is 4.41. The van der Waals surface area contributed by atoms with Crippen LogP contribution in [-0.4, -0.2) is 58.6 Å². The van der Waals surface area contributed by atoms with Gasteiger partial charge in [0.1, 0.15) is 5.60 Å². The Morgan fingerprint density at radius 1 is 1.24 bits per heavy atom. The van der Waals surface area contributed by atoms with Crippen molar-refractivity contribution in [3.8, 4) is 0 Å². The molecule has 0 bridgehead atoms. The van der Waals surface area contributed by atoms with Gasteiger partial charge in [-0.2, -0.15) is 0 Å². The molecule has 1 aromatic heterocycles. The molecular formula is C13H18BrN3O3S. The maximum atomic E-state index is 12.2. The smallest absolute Gasteiger partial charge is 0.410 e. The summed E-state index contributed by atoms with van der Waals surface area (Å²) in [4.78, 5) is 31.6. The highest BCUT2D eigenvalue weighted by atomic mass is 79.9. The summed E-state index contributed by atoms with van der Waals surface area (Å²) < 4.78 is 6.16. The summed E-state index contributed by atoms with van der Waals surface area (Å²) >= 11 is 4.61. The molecule has 116 valence electrons. The van der Waals surface area contributed by atoms with Crippen LogP contribution in [0.1, 0.15) is 30.6 Å². The van der Waals surface area contributed by atoms with Crippen LogP contribution in [0.25, 0.3) is 0 Å². The van der Waals surface area contributed by atoms with E-state index in [9.17, 15) is 9.59 Å². The molecule has 1 saturated heterocycles. The summed E-state index contributed by atoms with van der Waals surface area (Å²) in [6, 6.07) is 0. The zero-order valence-corrected chi connectivity index (χ0v) is 14.7. The Labute approximate surface area is 136 Å². The molecule has 2 heterocycles. The van der Waals surface area contributed by atoms with Gasteiger partial charge < -0.3 is 14.5 Å². The quantitative estimate of drug-likeness (QED) is 0.756. The van der Waals surface area contributed by atoms with E-state index in [4.69, 9.17) is 4.74 Å². The minimum atomic E-state index is -0.503. The van der Waals surface area contributed by atoms with Crippen molar-refractivity contribution < 1.29 is 14.3 Å². The van der Waals surface area contributed by atoms with Crippen LogP contribution in [0.15, 0.2) is 9.98 Å². The van der Waals surface area contributed by atoms with Gasteiger partial charge in [-0.05, 0) is 36.7 Å². The summed E-state index contributed by atoms with van der Waals surface area (Å²) in [6.45, 7) is 7.46. The van der Waals surface area contributed by atoms with Gasteiger partial charge in [0, 0.05) is 26.2 Å². The van der Waals surface area contributed by atoms with Gasteiger partial charge in [0.05, 0.1) is 9.98 Å². The molecule has 0 saturated carbocycles. The predicted octanol–water partition coefficient (Wildman–Crippen LogP) is 2.60. The molecule has 0 spiro atoms. The molecule has 1 fully saturated rings. The number of amides is 2. The SMILES string of the molecule is CC(C)(C)OC(=O)N1CCN(C(=O)c2ncc(Br)s2)CC1. The Morgan fingerprint density at radius 3 is 2.29 bits per heavy atom. The van der Waals surface area contributed by atoms with Gasteiger partial charge in [0.15, 0.2) is 5.01 Å². The van der Waals surface area contributed by atoms with Crippen molar-refractivity contribution in [3.05, 3.63) is 15.0 Å². The number of carbonyl (C=O) groups is 2. The minimum Gasteiger partial charge on any atom is -0.444 e. The largest absolute Gasteiger partial charge is 0.444 e. The predicted molar refractivity (Wildman–Crippen MR) is 83.5 cm³/mol. The van der Waals surface area contributed by atoms with Crippen molar-refractivity contribution in [2.75, 3.05) is 26.2 Å². The van der Waals surface area contributed by atoms with Crippen LogP contribution in [0.5, 0.6) is 0 Å².